The van der Waals surface area contributed by atoms with Gasteiger partial charge in [-0.2, -0.15) is 5.10 Å². The fraction of sp³-hybridized carbons (Fsp3) is 0.200. The third kappa shape index (κ3) is 3.62. The molecule has 0 spiro atoms. The van der Waals surface area contributed by atoms with Gasteiger partial charge in [-0.05, 0) is 36.8 Å². The van der Waals surface area contributed by atoms with Gasteiger partial charge in [-0.1, -0.05) is 23.7 Å². The summed E-state index contributed by atoms with van der Waals surface area (Å²) in [5, 5.41) is 7.62. The summed E-state index contributed by atoms with van der Waals surface area (Å²) >= 11 is 7.59. The van der Waals surface area contributed by atoms with E-state index in [4.69, 9.17) is 11.6 Å². The van der Waals surface area contributed by atoms with E-state index >= 15 is 0 Å². The highest BCUT2D eigenvalue weighted by molar-refractivity contribution is 7.16. The van der Waals surface area contributed by atoms with Crippen LogP contribution in [0.2, 0.25) is 4.34 Å². The van der Waals surface area contributed by atoms with E-state index in [0.717, 1.165) is 10.0 Å². The Bertz CT molecular complexity index is 708. The van der Waals surface area contributed by atoms with Gasteiger partial charge in [0.1, 0.15) is 12.7 Å². The van der Waals surface area contributed by atoms with E-state index in [2.05, 4.69) is 46.6 Å². The lowest BCUT2D eigenvalue weighted by molar-refractivity contribution is 0.685. The van der Waals surface area contributed by atoms with Gasteiger partial charge >= 0.3 is 0 Å². The van der Waals surface area contributed by atoms with Crippen LogP contribution >= 0.6 is 22.9 Å². The highest BCUT2D eigenvalue weighted by Crippen LogP contribution is 2.29. The van der Waals surface area contributed by atoms with Crippen LogP contribution in [-0.2, 0) is 6.54 Å². The Balaban J connectivity index is 1.71. The molecule has 0 bridgehead atoms. The first-order valence-corrected chi connectivity index (χ1v) is 7.83. The smallest absolute Gasteiger partial charge is 0.137 e. The number of hydrogen-bond donors (Lipinski definition) is 1. The molecule has 0 aliphatic carbocycles. The molecule has 1 N–H and O–H groups in total. The second-order valence-corrected chi connectivity index (χ2v) is 6.55. The molecular weight excluding hydrogens is 304 g/mol. The van der Waals surface area contributed by atoms with Crippen molar-refractivity contribution in [2.75, 3.05) is 5.32 Å². The second-order valence-electron chi connectivity index (χ2n) is 4.80. The van der Waals surface area contributed by atoms with Crippen molar-refractivity contribution in [1.29, 1.82) is 0 Å². The Hall–Kier alpha value is -1.85. The Morgan fingerprint density at radius 2 is 2.24 bits per heavy atom. The molecular formula is C15H15ClN4S. The molecule has 0 radical (unpaired) electrons. The summed E-state index contributed by atoms with van der Waals surface area (Å²) < 4.78 is 2.63. The number of nitrogens with one attached hydrogen (secondary N) is 1. The van der Waals surface area contributed by atoms with Crippen LogP contribution in [0.15, 0.2) is 49.1 Å². The van der Waals surface area contributed by atoms with E-state index < -0.39 is 0 Å². The molecule has 1 aromatic carbocycles. The number of aromatic nitrogens is 3. The molecule has 6 heteroatoms. The van der Waals surface area contributed by atoms with Crippen molar-refractivity contribution in [3.63, 3.8) is 0 Å². The van der Waals surface area contributed by atoms with Gasteiger partial charge in [-0.25, -0.2) is 9.67 Å². The minimum absolute atomic E-state index is 0.226. The average Bonchev–Trinajstić information content (AvgIpc) is 3.11. The maximum absolute atomic E-state index is 5.99. The van der Waals surface area contributed by atoms with Crippen LogP contribution in [0.4, 0.5) is 5.69 Å². The molecule has 0 saturated heterocycles. The van der Waals surface area contributed by atoms with E-state index in [-0.39, 0.29) is 6.04 Å². The zero-order chi connectivity index (χ0) is 14.7. The first kappa shape index (κ1) is 14.1. The lowest BCUT2D eigenvalue weighted by Gasteiger charge is -2.14. The highest BCUT2D eigenvalue weighted by Gasteiger charge is 2.08. The van der Waals surface area contributed by atoms with Gasteiger partial charge in [-0.3, -0.25) is 0 Å². The predicted molar refractivity (Wildman–Crippen MR) is 86.9 cm³/mol. The number of thiophene rings is 1. The number of rotatable bonds is 5. The van der Waals surface area contributed by atoms with Gasteiger partial charge < -0.3 is 5.32 Å². The molecule has 2 heterocycles. The maximum Gasteiger partial charge on any atom is 0.137 e. The average molecular weight is 319 g/mol. The van der Waals surface area contributed by atoms with Crippen LogP contribution in [0.25, 0.3) is 0 Å². The monoisotopic (exact) mass is 318 g/mol. The fourth-order valence-corrected chi connectivity index (χ4v) is 3.21. The van der Waals surface area contributed by atoms with Gasteiger partial charge in [0.25, 0.3) is 0 Å². The van der Waals surface area contributed by atoms with Gasteiger partial charge in [0.15, 0.2) is 0 Å². The normalized spacial score (nSPS) is 12.3. The summed E-state index contributed by atoms with van der Waals surface area (Å²) in [5.74, 6) is 0. The van der Waals surface area contributed by atoms with Crippen LogP contribution in [0, 0.1) is 0 Å². The standard InChI is InChI=1S/C15H15ClN4S/c1-11(14-5-6-15(16)21-14)19-13-4-2-3-12(7-13)8-20-10-17-9-18-20/h2-7,9-11,19H,8H2,1H3. The molecule has 0 fully saturated rings. The van der Waals surface area contributed by atoms with Crippen LogP contribution < -0.4 is 5.32 Å². The molecule has 1 unspecified atom stereocenters. The Morgan fingerprint density at radius 3 is 2.95 bits per heavy atom. The molecule has 2 aromatic heterocycles. The molecule has 0 aliphatic heterocycles. The summed E-state index contributed by atoms with van der Waals surface area (Å²) in [6.07, 6.45) is 3.26. The highest BCUT2D eigenvalue weighted by atomic mass is 35.5. The van der Waals surface area contributed by atoms with Gasteiger partial charge in [0.05, 0.1) is 16.9 Å². The van der Waals surface area contributed by atoms with Gasteiger partial charge in [0, 0.05) is 10.6 Å². The van der Waals surface area contributed by atoms with E-state index in [1.54, 1.807) is 24.0 Å². The molecule has 1 atom stereocenters. The summed E-state index contributed by atoms with van der Waals surface area (Å²) in [4.78, 5) is 5.18. The predicted octanol–water partition coefficient (Wildman–Crippen LogP) is 4.21. The lowest BCUT2D eigenvalue weighted by atomic mass is 10.2. The number of hydrogen-bond acceptors (Lipinski definition) is 4. The summed E-state index contributed by atoms with van der Waals surface area (Å²) in [6.45, 7) is 2.85. The van der Waals surface area contributed by atoms with Crippen molar-refractivity contribution in [3.8, 4) is 0 Å². The third-order valence-corrected chi connectivity index (χ3v) is 4.56. The summed E-state index contributed by atoms with van der Waals surface area (Å²) in [5.41, 5.74) is 2.27. The third-order valence-electron chi connectivity index (χ3n) is 3.14. The lowest BCUT2D eigenvalue weighted by Crippen LogP contribution is -2.06. The minimum Gasteiger partial charge on any atom is -0.378 e. The maximum atomic E-state index is 5.99. The largest absolute Gasteiger partial charge is 0.378 e. The molecule has 4 nitrogen and oxygen atoms in total. The Morgan fingerprint density at radius 1 is 1.33 bits per heavy atom. The molecule has 3 rings (SSSR count). The number of anilines is 1. The van der Waals surface area contributed by atoms with Crippen molar-refractivity contribution in [2.24, 2.45) is 0 Å². The first-order chi connectivity index (χ1) is 10.2. The Kier molecular flexibility index (Phi) is 4.22. The van der Waals surface area contributed by atoms with Crippen molar-refractivity contribution in [3.05, 3.63) is 63.8 Å². The quantitative estimate of drug-likeness (QED) is 0.766. The summed E-state index contributed by atoms with van der Waals surface area (Å²) in [7, 11) is 0. The van der Waals surface area contributed by atoms with E-state index in [0.29, 0.717) is 6.54 Å². The Labute approximate surface area is 132 Å². The summed E-state index contributed by atoms with van der Waals surface area (Å²) in [6, 6.07) is 12.5. The zero-order valence-corrected chi connectivity index (χ0v) is 13.1. The van der Waals surface area contributed by atoms with Crippen molar-refractivity contribution >= 4 is 28.6 Å². The topological polar surface area (TPSA) is 42.7 Å². The van der Waals surface area contributed by atoms with E-state index in [9.17, 15) is 0 Å². The van der Waals surface area contributed by atoms with Crippen molar-refractivity contribution in [2.45, 2.75) is 19.5 Å². The zero-order valence-electron chi connectivity index (χ0n) is 11.5. The van der Waals surface area contributed by atoms with Crippen molar-refractivity contribution in [1.82, 2.24) is 14.8 Å². The van der Waals surface area contributed by atoms with E-state index in [1.165, 1.54) is 10.4 Å². The molecule has 0 saturated carbocycles. The van der Waals surface area contributed by atoms with Gasteiger partial charge in [-0.15, -0.1) is 11.3 Å². The van der Waals surface area contributed by atoms with Crippen LogP contribution in [0.1, 0.15) is 23.4 Å². The minimum atomic E-state index is 0.226. The number of halogens is 1. The van der Waals surface area contributed by atoms with Crippen molar-refractivity contribution < 1.29 is 0 Å². The number of nitrogens with zero attached hydrogens (tertiary/aromatic N) is 3. The van der Waals surface area contributed by atoms with E-state index in [1.807, 2.05) is 16.8 Å². The number of benzene rings is 1. The molecule has 0 amide bonds. The molecule has 3 aromatic rings. The van der Waals surface area contributed by atoms with Crippen LogP contribution in [0.3, 0.4) is 0 Å². The SMILES string of the molecule is CC(Nc1cccc(Cn2cncn2)c1)c1ccc(Cl)s1. The van der Waals surface area contributed by atoms with Crippen LogP contribution in [-0.4, -0.2) is 14.8 Å². The first-order valence-electron chi connectivity index (χ1n) is 6.64. The second kappa shape index (κ2) is 6.28. The molecule has 0 aliphatic rings. The molecule has 108 valence electrons. The van der Waals surface area contributed by atoms with Gasteiger partial charge in [0.2, 0.25) is 0 Å². The molecule has 21 heavy (non-hydrogen) atoms. The van der Waals surface area contributed by atoms with Crippen LogP contribution in [0.5, 0.6) is 0 Å². The fourth-order valence-electron chi connectivity index (χ4n) is 2.14.